The molecular formula is C7H13ClS2. The first-order valence-electron chi connectivity index (χ1n) is 3.34. The van der Waals surface area contributed by atoms with Gasteiger partial charge in [0.2, 0.25) is 0 Å². The summed E-state index contributed by atoms with van der Waals surface area (Å²) in [7, 11) is 3.69. The highest BCUT2D eigenvalue weighted by atomic mass is 35.5. The SMILES string of the molecule is C1=CSSC1.CCC(C)Cl. The largest absolute Gasteiger partial charge is 0.123 e. The van der Waals surface area contributed by atoms with Crippen LogP contribution in [0.2, 0.25) is 0 Å². The molecular weight excluding hydrogens is 184 g/mol. The lowest BCUT2D eigenvalue weighted by molar-refractivity contribution is 0.895. The van der Waals surface area contributed by atoms with Crippen molar-refractivity contribution in [3.8, 4) is 0 Å². The quantitative estimate of drug-likeness (QED) is 0.461. The fraction of sp³-hybridized carbons (Fsp3) is 0.714. The third kappa shape index (κ3) is 8.73. The second-order valence-electron chi connectivity index (χ2n) is 1.94. The second-order valence-corrected chi connectivity index (χ2v) is 5.00. The van der Waals surface area contributed by atoms with Gasteiger partial charge in [-0.05, 0) is 18.8 Å². The predicted octanol–water partition coefficient (Wildman–Crippen LogP) is 3.92. The summed E-state index contributed by atoms with van der Waals surface area (Å²) in [6.07, 6.45) is 3.23. The Hall–Kier alpha value is 0.730. The van der Waals surface area contributed by atoms with E-state index in [1.165, 1.54) is 5.75 Å². The Labute approximate surface area is 76.2 Å². The molecule has 0 aromatic carbocycles. The standard InChI is InChI=1S/C4H9Cl.C3H4S2/c1-3-4(2)5;1-2-4-5-3-1/h4H,3H2,1-2H3;1-2H,3H2. The van der Waals surface area contributed by atoms with Crippen molar-refractivity contribution in [2.75, 3.05) is 5.75 Å². The number of hydrogen-bond acceptors (Lipinski definition) is 2. The van der Waals surface area contributed by atoms with E-state index >= 15 is 0 Å². The minimum absolute atomic E-state index is 0.356. The van der Waals surface area contributed by atoms with Crippen molar-refractivity contribution in [3.63, 3.8) is 0 Å². The maximum atomic E-state index is 5.46. The molecule has 1 aliphatic rings. The topological polar surface area (TPSA) is 0 Å². The first-order chi connectivity index (χ1) is 4.77. The van der Waals surface area contributed by atoms with Gasteiger partial charge in [0, 0.05) is 11.1 Å². The molecule has 0 aromatic heterocycles. The second kappa shape index (κ2) is 7.83. The van der Waals surface area contributed by atoms with Gasteiger partial charge in [0.05, 0.1) is 0 Å². The van der Waals surface area contributed by atoms with Crippen LogP contribution in [0, 0.1) is 0 Å². The van der Waals surface area contributed by atoms with Crippen molar-refractivity contribution >= 4 is 33.2 Å². The van der Waals surface area contributed by atoms with E-state index in [9.17, 15) is 0 Å². The zero-order valence-electron chi connectivity index (χ0n) is 6.34. The van der Waals surface area contributed by atoms with Crippen LogP contribution in [0.15, 0.2) is 11.5 Å². The minimum atomic E-state index is 0.356. The third-order valence-electron chi connectivity index (χ3n) is 0.947. The summed E-state index contributed by atoms with van der Waals surface area (Å²) in [5.41, 5.74) is 0. The van der Waals surface area contributed by atoms with Crippen molar-refractivity contribution < 1.29 is 0 Å². The molecule has 0 radical (unpaired) electrons. The average Bonchev–Trinajstić information content (AvgIpc) is 2.43. The Morgan fingerprint density at radius 3 is 2.40 bits per heavy atom. The predicted molar refractivity (Wildman–Crippen MR) is 54.8 cm³/mol. The Kier molecular flexibility index (Phi) is 8.40. The molecule has 1 heterocycles. The fourth-order valence-corrected chi connectivity index (χ4v) is 1.77. The van der Waals surface area contributed by atoms with Crippen LogP contribution >= 0.6 is 33.2 Å². The first kappa shape index (κ1) is 10.7. The Balaban J connectivity index is 0.000000162. The highest BCUT2D eigenvalue weighted by Crippen LogP contribution is 2.27. The lowest BCUT2D eigenvalue weighted by atomic mass is 10.4. The van der Waals surface area contributed by atoms with Gasteiger partial charge in [-0.15, -0.1) is 11.6 Å². The highest BCUT2D eigenvalue weighted by Gasteiger charge is 1.86. The monoisotopic (exact) mass is 196 g/mol. The summed E-state index contributed by atoms with van der Waals surface area (Å²) in [5, 5.41) is 2.47. The molecule has 0 N–H and O–H groups in total. The van der Waals surface area contributed by atoms with Crippen LogP contribution in [0.25, 0.3) is 0 Å². The number of alkyl halides is 1. The molecule has 0 spiro atoms. The molecule has 3 heteroatoms. The van der Waals surface area contributed by atoms with E-state index in [1.54, 1.807) is 0 Å². The molecule has 0 aliphatic carbocycles. The smallest absolute Gasteiger partial charge is 0.0305 e. The van der Waals surface area contributed by atoms with Gasteiger partial charge < -0.3 is 0 Å². The minimum Gasteiger partial charge on any atom is -0.123 e. The van der Waals surface area contributed by atoms with Gasteiger partial charge in [0.15, 0.2) is 0 Å². The van der Waals surface area contributed by atoms with Gasteiger partial charge in [0.1, 0.15) is 0 Å². The molecule has 0 bridgehead atoms. The highest BCUT2D eigenvalue weighted by molar-refractivity contribution is 8.78. The molecule has 0 amide bonds. The van der Waals surface area contributed by atoms with Gasteiger partial charge in [-0.2, -0.15) is 0 Å². The lowest BCUT2D eigenvalue weighted by Crippen LogP contribution is -1.81. The molecule has 1 unspecified atom stereocenters. The van der Waals surface area contributed by atoms with Crippen LogP contribution in [0.3, 0.4) is 0 Å². The lowest BCUT2D eigenvalue weighted by Gasteiger charge is -1.87. The zero-order chi connectivity index (χ0) is 7.82. The maximum Gasteiger partial charge on any atom is 0.0305 e. The van der Waals surface area contributed by atoms with Gasteiger partial charge in [-0.25, -0.2) is 0 Å². The summed E-state index contributed by atoms with van der Waals surface area (Å²) < 4.78 is 0. The summed E-state index contributed by atoms with van der Waals surface area (Å²) in [5.74, 6) is 1.20. The van der Waals surface area contributed by atoms with Crippen molar-refractivity contribution in [1.82, 2.24) is 0 Å². The molecule has 60 valence electrons. The van der Waals surface area contributed by atoms with Gasteiger partial charge in [0.25, 0.3) is 0 Å². The van der Waals surface area contributed by atoms with Crippen LogP contribution in [0.5, 0.6) is 0 Å². The molecule has 10 heavy (non-hydrogen) atoms. The summed E-state index contributed by atoms with van der Waals surface area (Å²) in [4.78, 5) is 0. The summed E-state index contributed by atoms with van der Waals surface area (Å²) in [6, 6.07) is 0. The van der Waals surface area contributed by atoms with Crippen LogP contribution in [-0.2, 0) is 0 Å². The molecule has 1 rings (SSSR count). The van der Waals surface area contributed by atoms with Gasteiger partial charge in [-0.3, -0.25) is 0 Å². The van der Waals surface area contributed by atoms with Crippen LogP contribution in [0.1, 0.15) is 20.3 Å². The summed E-state index contributed by atoms with van der Waals surface area (Å²) >= 11 is 5.46. The van der Waals surface area contributed by atoms with Crippen molar-refractivity contribution in [3.05, 3.63) is 11.5 Å². The zero-order valence-corrected chi connectivity index (χ0v) is 8.73. The normalized spacial score (nSPS) is 17.9. The molecule has 0 nitrogen and oxygen atoms in total. The van der Waals surface area contributed by atoms with E-state index in [0.29, 0.717) is 5.38 Å². The first-order valence-corrected chi connectivity index (χ1v) is 6.16. The number of rotatable bonds is 1. The number of halogens is 1. The van der Waals surface area contributed by atoms with E-state index in [1.807, 2.05) is 28.5 Å². The van der Waals surface area contributed by atoms with Gasteiger partial charge >= 0.3 is 0 Å². The average molecular weight is 197 g/mol. The Morgan fingerprint density at radius 2 is 2.30 bits per heavy atom. The Bertz CT molecular complexity index is 85.6. The molecule has 0 fully saturated rings. The van der Waals surface area contributed by atoms with E-state index in [2.05, 4.69) is 18.4 Å². The van der Waals surface area contributed by atoms with Crippen molar-refractivity contribution in [1.29, 1.82) is 0 Å². The van der Waals surface area contributed by atoms with E-state index in [4.69, 9.17) is 11.6 Å². The molecule has 1 atom stereocenters. The third-order valence-corrected chi connectivity index (χ3v) is 3.17. The van der Waals surface area contributed by atoms with E-state index in [0.717, 1.165) is 6.42 Å². The van der Waals surface area contributed by atoms with Crippen LogP contribution < -0.4 is 0 Å². The van der Waals surface area contributed by atoms with Crippen molar-refractivity contribution in [2.45, 2.75) is 25.6 Å². The van der Waals surface area contributed by atoms with E-state index < -0.39 is 0 Å². The van der Waals surface area contributed by atoms with Crippen LogP contribution in [-0.4, -0.2) is 11.1 Å². The van der Waals surface area contributed by atoms with Gasteiger partial charge in [-0.1, -0.05) is 34.6 Å². The molecule has 0 saturated carbocycles. The van der Waals surface area contributed by atoms with E-state index in [-0.39, 0.29) is 0 Å². The Morgan fingerprint density at radius 1 is 1.70 bits per heavy atom. The summed E-state index contributed by atoms with van der Waals surface area (Å²) in [6.45, 7) is 4.05. The molecule has 1 aliphatic heterocycles. The maximum absolute atomic E-state index is 5.46. The number of hydrogen-bond donors (Lipinski definition) is 0. The van der Waals surface area contributed by atoms with Crippen molar-refractivity contribution in [2.24, 2.45) is 0 Å². The van der Waals surface area contributed by atoms with Crippen LogP contribution in [0.4, 0.5) is 0 Å². The molecule has 0 aromatic rings. The fourth-order valence-electron chi connectivity index (χ4n) is 0.196. The molecule has 0 saturated heterocycles.